The van der Waals surface area contributed by atoms with Crippen LogP contribution in [0.2, 0.25) is 0 Å². The van der Waals surface area contributed by atoms with Gasteiger partial charge in [-0.15, -0.1) is 0 Å². The molecule has 1 aromatic rings. The van der Waals surface area contributed by atoms with E-state index >= 15 is 0 Å². The molecule has 2 rings (SSSR count). The molecule has 1 fully saturated rings. The largest absolute Gasteiger partial charge is 0.396 e. The minimum absolute atomic E-state index is 0.0245. The zero-order valence-corrected chi connectivity index (χ0v) is 14.7. The van der Waals surface area contributed by atoms with Gasteiger partial charge >= 0.3 is 0 Å². The molecule has 2 amide bonds. The van der Waals surface area contributed by atoms with Gasteiger partial charge < -0.3 is 15.3 Å². The molecule has 2 N–H and O–H groups in total. The van der Waals surface area contributed by atoms with E-state index in [4.69, 9.17) is 5.11 Å². The molecular formula is C18H27N3O3. The first kappa shape index (κ1) is 18.4. The number of carbonyl (C=O) groups excluding carboxylic acids is 2. The molecule has 1 aromatic heterocycles. The van der Waals surface area contributed by atoms with Crippen LogP contribution >= 0.6 is 0 Å². The summed E-state index contributed by atoms with van der Waals surface area (Å²) < 4.78 is 0. The highest BCUT2D eigenvalue weighted by atomic mass is 16.3. The van der Waals surface area contributed by atoms with Crippen LogP contribution in [0, 0.1) is 11.3 Å². The number of amides is 2. The highest BCUT2D eigenvalue weighted by Crippen LogP contribution is 2.36. The van der Waals surface area contributed by atoms with Crippen molar-refractivity contribution >= 4 is 11.8 Å². The molecule has 6 nitrogen and oxygen atoms in total. The summed E-state index contributed by atoms with van der Waals surface area (Å²) in [4.78, 5) is 30.5. The van der Waals surface area contributed by atoms with E-state index in [1.54, 1.807) is 24.3 Å². The van der Waals surface area contributed by atoms with Crippen LogP contribution in [0.15, 0.2) is 24.5 Å². The summed E-state index contributed by atoms with van der Waals surface area (Å²) in [6, 6.07) is 3.45. The molecule has 1 saturated heterocycles. The number of pyridine rings is 1. The molecule has 0 aliphatic carbocycles. The van der Waals surface area contributed by atoms with Crippen molar-refractivity contribution < 1.29 is 14.7 Å². The van der Waals surface area contributed by atoms with Gasteiger partial charge in [0.15, 0.2) is 0 Å². The van der Waals surface area contributed by atoms with Crippen LogP contribution in [0.5, 0.6) is 0 Å². The summed E-state index contributed by atoms with van der Waals surface area (Å²) in [5.74, 6) is -0.525. The Morgan fingerprint density at radius 2 is 2.25 bits per heavy atom. The maximum Gasteiger partial charge on any atom is 0.226 e. The van der Waals surface area contributed by atoms with Crippen LogP contribution < -0.4 is 5.32 Å². The number of hydrogen-bond donors (Lipinski definition) is 2. The van der Waals surface area contributed by atoms with Crippen LogP contribution in [0.25, 0.3) is 0 Å². The van der Waals surface area contributed by atoms with Crippen molar-refractivity contribution in [1.82, 2.24) is 15.2 Å². The predicted octanol–water partition coefficient (Wildman–Crippen LogP) is 1.52. The summed E-state index contributed by atoms with van der Waals surface area (Å²) in [5.41, 5.74) is 0.794. The predicted molar refractivity (Wildman–Crippen MR) is 91.0 cm³/mol. The highest BCUT2D eigenvalue weighted by molar-refractivity contribution is 5.90. The third-order valence-electron chi connectivity index (χ3n) is 4.70. The van der Waals surface area contributed by atoms with Gasteiger partial charge in [0, 0.05) is 39.0 Å². The van der Waals surface area contributed by atoms with Crippen LogP contribution in [0.4, 0.5) is 0 Å². The van der Waals surface area contributed by atoms with Gasteiger partial charge in [-0.1, -0.05) is 19.9 Å². The lowest BCUT2D eigenvalue weighted by Gasteiger charge is -2.28. The summed E-state index contributed by atoms with van der Waals surface area (Å²) in [6.07, 6.45) is 5.16. The minimum atomic E-state index is -0.402. The lowest BCUT2D eigenvalue weighted by molar-refractivity contribution is -0.128. The Kier molecular flexibility index (Phi) is 5.94. The molecule has 0 spiro atoms. The van der Waals surface area contributed by atoms with Crippen LogP contribution in [-0.2, 0) is 9.59 Å². The van der Waals surface area contributed by atoms with E-state index in [0.717, 1.165) is 12.0 Å². The average molecular weight is 333 g/mol. The first-order valence-electron chi connectivity index (χ1n) is 8.40. The highest BCUT2D eigenvalue weighted by Gasteiger charge is 2.42. The van der Waals surface area contributed by atoms with Gasteiger partial charge in [0.2, 0.25) is 11.8 Å². The number of rotatable bonds is 7. The van der Waals surface area contributed by atoms with Gasteiger partial charge in [-0.05, 0) is 29.9 Å². The summed E-state index contributed by atoms with van der Waals surface area (Å²) >= 11 is 0. The lowest BCUT2D eigenvalue weighted by atomic mass is 9.87. The summed E-state index contributed by atoms with van der Waals surface area (Å²) in [5, 5.41) is 12.0. The molecule has 0 aromatic carbocycles. The molecule has 132 valence electrons. The van der Waals surface area contributed by atoms with Crippen molar-refractivity contribution in [2.24, 2.45) is 11.3 Å². The lowest BCUT2D eigenvalue weighted by Crippen LogP contribution is -2.39. The maximum absolute atomic E-state index is 12.7. The van der Waals surface area contributed by atoms with E-state index < -0.39 is 5.92 Å². The molecule has 1 aliphatic rings. The number of hydrogen-bond acceptors (Lipinski definition) is 4. The normalized spacial score (nSPS) is 21.2. The standard InChI is InChI=1S/C18H27N3O3/c1-18(2,7-5-9-22)12-20-17(24)14-10-15(23)21(3)16(14)13-6-4-8-19-11-13/h4,6,8,11,14,16,22H,5,7,9-10,12H2,1-3H3,(H,20,24)/t14-,16+/m1/s1. The van der Waals surface area contributed by atoms with Gasteiger partial charge in [-0.3, -0.25) is 14.6 Å². The Morgan fingerprint density at radius 1 is 1.50 bits per heavy atom. The number of nitrogens with one attached hydrogen (secondary N) is 1. The quantitative estimate of drug-likeness (QED) is 0.792. The second-order valence-electron chi connectivity index (χ2n) is 7.26. The zero-order chi connectivity index (χ0) is 17.7. The van der Waals surface area contributed by atoms with E-state index in [-0.39, 0.29) is 36.3 Å². The van der Waals surface area contributed by atoms with Crippen molar-refractivity contribution in [3.8, 4) is 0 Å². The summed E-state index contributed by atoms with van der Waals surface area (Å²) in [6.45, 7) is 4.81. The van der Waals surface area contributed by atoms with Gasteiger partial charge in [0.05, 0.1) is 12.0 Å². The zero-order valence-electron chi connectivity index (χ0n) is 14.7. The van der Waals surface area contributed by atoms with Gasteiger partial charge in [-0.2, -0.15) is 0 Å². The molecule has 1 aliphatic heterocycles. The monoisotopic (exact) mass is 333 g/mol. The Balaban J connectivity index is 2.06. The maximum atomic E-state index is 12.7. The molecule has 0 bridgehead atoms. The third kappa shape index (κ3) is 4.32. The second-order valence-corrected chi connectivity index (χ2v) is 7.26. The molecular weight excluding hydrogens is 306 g/mol. The SMILES string of the molecule is CN1C(=O)C[C@@H](C(=O)NCC(C)(C)CCCO)[C@@H]1c1cccnc1. The van der Waals surface area contributed by atoms with Gasteiger partial charge in [0.25, 0.3) is 0 Å². The number of nitrogens with zero attached hydrogens (tertiary/aromatic N) is 2. The number of aromatic nitrogens is 1. The number of carbonyl (C=O) groups is 2. The molecule has 6 heteroatoms. The van der Waals surface area contributed by atoms with E-state index in [2.05, 4.69) is 24.1 Å². The fraction of sp³-hybridized carbons (Fsp3) is 0.611. The van der Waals surface area contributed by atoms with E-state index in [1.807, 2.05) is 12.1 Å². The Morgan fingerprint density at radius 3 is 2.88 bits per heavy atom. The van der Waals surface area contributed by atoms with Crippen molar-refractivity contribution in [1.29, 1.82) is 0 Å². The van der Waals surface area contributed by atoms with E-state index in [1.165, 1.54) is 0 Å². The molecule has 0 unspecified atom stereocenters. The fourth-order valence-corrected chi connectivity index (χ4v) is 3.22. The minimum Gasteiger partial charge on any atom is -0.396 e. The molecule has 2 atom stereocenters. The van der Waals surface area contributed by atoms with Crippen molar-refractivity contribution in [2.45, 2.75) is 39.2 Å². The molecule has 24 heavy (non-hydrogen) atoms. The first-order valence-corrected chi connectivity index (χ1v) is 8.40. The van der Waals surface area contributed by atoms with Gasteiger partial charge in [-0.25, -0.2) is 0 Å². The third-order valence-corrected chi connectivity index (χ3v) is 4.70. The second kappa shape index (κ2) is 7.75. The number of aliphatic hydroxyl groups is 1. The molecule has 0 saturated carbocycles. The fourth-order valence-electron chi connectivity index (χ4n) is 3.22. The van der Waals surface area contributed by atoms with Crippen LogP contribution in [-0.4, -0.2) is 47.0 Å². The average Bonchev–Trinajstić information content (AvgIpc) is 2.87. The summed E-state index contributed by atoms with van der Waals surface area (Å²) in [7, 11) is 1.73. The van der Waals surface area contributed by atoms with Crippen molar-refractivity contribution in [3.63, 3.8) is 0 Å². The molecule has 0 radical (unpaired) electrons. The Labute approximate surface area is 143 Å². The molecule has 2 heterocycles. The van der Waals surface area contributed by atoms with Crippen molar-refractivity contribution in [2.75, 3.05) is 20.2 Å². The first-order chi connectivity index (χ1) is 11.4. The van der Waals surface area contributed by atoms with Gasteiger partial charge in [0.1, 0.15) is 0 Å². The van der Waals surface area contributed by atoms with E-state index in [9.17, 15) is 9.59 Å². The number of aliphatic hydroxyl groups excluding tert-OH is 1. The Hall–Kier alpha value is -1.95. The topological polar surface area (TPSA) is 82.5 Å². The smallest absolute Gasteiger partial charge is 0.226 e. The van der Waals surface area contributed by atoms with Crippen LogP contribution in [0.3, 0.4) is 0 Å². The van der Waals surface area contributed by atoms with Crippen LogP contribution in [0.1, 0.15) is 44.7 Å². The number of likely N-dealkylation sites (tertiary alicyclic amines) is 1. The van der Waals surface area contributed by atoms with E-state index in [0.29, 0.717) is 13.0 Å². The van der Waals surface area contributed by atoms with Crippen molar-refractivity contribution in [3.05, 3.63) is 30.1 Å². The Bertz CT molecular complexity index is 574.